The fourth-order valence-electron chi connectivity index (χ4n) is 4.37. The van der Waals surface area contributed by atoms with Crippen molar-refractivity contribution in [3.05, 3.63) is 29.3 Å². The zero-order valence-corrected chi connectivity index (χ0v) is 18.4. The molecule has 0 unspecified atom stereocenters. The van der Waals surface area contributed by atoms with Crippen LogP contribution in [0.3, 0.4) is 0 Å². The number of anilines is 1. The molecule has 160 valence electrons. The number of piperidine rings is 1. The summed E-state index contributed by atoms with van der Waals surface area (Å²) in [6, 6.07) is 6.82. The summed E-state index contributed by atoms with van der Waals surface area (Å²) in [5, 5.41) is 5.62. The summed E-state index contributed by atoms with van der Waals surface area (Å²) < 4.78 is 0. The average molecular weight is 401 g/mol. The monoisotopic (exact) mass is 400 g/mol. The van der Waals surface area contributed by atoms with Gasteiger partial charge in [0.1, 0.15) is 0 Å². The van der Waals surface area contributed by atoms with Crippen LogP contribution >= 0.6 is 0 Å². The van der Waals surface area contributed by atoms with Gasteiger partial charge in [0.25, 0.3) is 0 Å². The highest BCUT2D eigenvalue weighted by atomic mass is 16.2. The molecule has 2 aliphatic rings. The molecule has 1 saturated heterocycles. The van der Waals surface area contributed by atoms with Gasteiger partial charge in [-0.1, -0.05) is 18.6 Å². The van der Waals surface area contributed by atoms with E-state index in [0.29, 0.717) is 6.54 Å². The summed E-state index contributed by atoms with van der Waals surface area (Å²) in [6.45, 7) is 9.24. The van der Waals surface area contributed by atoms with Gasteiger partial charge in [-0.05, 0) is 76.7 Å². The van der Waals surface area contributed by atoms with Gasteiger partial charge in [-0.25, -0.2) is 0 Å². The van der Waals surface area contributed by atoms with Crippen molar-refractivity contribution in [3.8, 4) is 0 Å². The first-order valence-corrected chi connectivity index (χ1v) is 10.9. The minimum Gasteiger partial charge on any atom is -0.374 e. The molecule has 0 radical (unpaired) electrons. The zero-order valence-electron chi connectivity index (χ0n) is 18.4. The van der Waals surface area contributed by atoms with E-state index in [2.05, 4.69) is 45.7 Å². The first-order valence-electron chi connectivity index (χ1n) is 10.9. The third-order valence-corrected chi connectivity index (χ3v) is 5.82. The summed E-state index contributed by atoms with van der Waals surface area (Å²) in [7, 11) is 2.15. The van der Waals surface area contributed by atoms with Crippen molar-refractivity contribution in [1.29, 1.82) is 0 Å². The van der Waals surface area contributed by atoms with Gasteiger partial charge in [-0.15, -0.1) is 0 Å². The lowest BCUT2D eigenvalue weighted by Crippen LogP contribution is -2.50. The molecule has 6 heteroatoms. The average Bonchev–Trinajstić information content (AvgIpc) is 2.67. The Morgan fingerprint density at radius 2 is 1.76 bits per heavy atom. The second-order valence-electron chi connectivity index (χ2n) is 9.44. The fraction of sp³-hybridized carbons (Fsp3) is 0.652. The number of carbonyl (C=O) groups excluding carboxylic acids is 2. The van der Waals surface area contributed by atoms with Gasteiger partial charge in [0, 0.05) is 31.4 Å². The minimum atomic E-state index is -0.568. The van der Waals surface area contributed by atoms with E-state index < -0.39 is 17.4 Å². The van der Waals surface area contributed by atoms with E-state index >= 15 is 0 Å². The van der Waals surface area contributed by atoms with E-state index in [0.717, 1.165) is 26.1 Å². The summed E-state index contributed by atoms with van der Waals surface area (Å²) in [5.41, 5.74) is 3.50. The number of nitrogens with one attached hydrogen (secondary N) is 2. The van der Waals surface area contributed by atoms with Gasteiger partial charge in [0.15, 0.2) is 0 Å². The first-order chi connectivity index (χ1) is 13.7. The molecule has 1 aromatic rings. The Kier molecular flexibility index (Phi) is 6.83. The molecular weight excluding hydrogens is 364 g/mol. The van der Waals surface area contributed by atoms with Crippen LogP contribution in [0.4, 0.5) is 5.69 Å². The second-order valence-corrected chi connectivity index (χ2v) is 9.44. The van der Waals surface area contributed by atoms with Crippen molar-refractivity contribution in [2.75, 3.05) is 38.1 Å². The van der Waals surface area contributed by atoms with Crippen molar-refractivity contribution in [2.45, 2.75) is 64.5 Å². The largest absolute Gasteiger partial charge is 0.374 e. The highest BCUT2D eigenvalue weighted by molar-refractivity contribution is 6.35. The number of amides is 2. The molecule has 3 rings (SSSR count). The summed E-state index contributed by atoms with van der Waals surface area (Å²) in [4.78, 5) is 29.3. The predicted molar refractivity (Wildman–Crippen MR) is 117 cm³/mol. The molecule has 2 amide bonds. The van der Waals surface area contributed by atoms with Crippen molar-refractivity contribution >= 4 is 17.5 Å². The molecule has 0 aliphatic carbocycles. The van der Waals surface area contributed by atoms with Crippen molar-refractivity contribution in [1.82, 2.24) is 15.5 Å². The van der Waals surface area contributed by atoms with Crippen LogP contribution in [0.5, 0.6) is 0 Å². The molecule has 1 fully saturated rings. The van der Waals surface area contributed by atoms with E-state index in [1.807, 2.05) is 20.8 Å². The number of rotatable bonds is 4. The smallest absolute Gasteiger partial charge is 0.309 e. The molecule has 6 nitrogen and oxygen atoms in total. The number of hydrogen-bond donors (Lipinski definition) is 2. The maximum absolute atomic E-state index is 12.4. The minimum absolute atomic E-state index is 0.0965. The number of carbonyl (C=O) groups is 2. The van der Waals surface area contributed by atoms with Crippen molar-refractivity contribution in [2.24, 2.45) is 0 Å². The SMILES string of the molecule is CN1CCCc2cc([C@H](CNC(=O)C(=O)NC(C)(C)C)N3CCCCC3)ccc21. The third-order valence-electron chi connectivity index (χ3n) is 5.82. The number of nitrogens with zero attached hydrogens (tertiary/aromatic N) is 2. The highest BCUT2D eigenvalue weighted by Crippen LogP contribution is 2.31. The van der Waals surface area contributed by atoms with Gasteiger partial charge >= 0.3 is 11.8 Å². The van der Waals surface area contributed by atoms with E-state index in [1.165, 1.54) is 42.5 Å². The number of aryl methyl sites for hydroxylation is 1. The normalized spacial score (nSPS) is 18.7. The number of benzene rings is 1. The molecule has 2 aliphatic heterocycles. The Morgan fingerprint density at radius 1 is 1.03 bits per heavy atom. The van der Waals surface area contributed by atoms with Crippen molar-refractivity contribution < 1.29 is 9.59 Å². The molecule has 0 spiro atoms. The lowest BCUT2D eigenvalue weighted by Gasteiger charge is -2.36. The van der Waals surface area contributed by atoms with Crippen LogP contribution in [0.1, 0.15) is 63.6 Å². The van der Waals surface area contributed by atoms with Crippen LogP contribution in [-0.4, -0.2) is 55.5 Å². The molecule has 1 atom stereocenters. The van der Waals surface area contributed by atoms with Crippen LogP contribution in [-0.2, 0) is 16.0 Å². The molecule has 0 bridgehead atoms. The Hall–Kier alpha value is -2.08. The topological polar surface area (TPSA) is 64.7 Å². The Bertz CT molecular complexity index is 735. The van der Waals surface area contributed by atoms with Gasteiger partial charge < -0.3 is 15.5 Å². The van der Waals surface area contributed by atoms with Crippen LogP contribution in [0.25, 0.3) is 0 Å². The molecule has 29 heavy (non-hydrogen) atoms. The standard InChI is InChI=1S/C23H36N4O2/c1-23(2,3)25-22(29)21(28)24-16-20(27-13-6-5-7-14-27)18-10-11-19-17(15-18)9-8-12-26(19)4/h10-11,15,20H,5-9,12-14,16H2,1-4H3,(H,24,28)(H,25,29)/t20-/m0/s1. The molecule has 0 aromatic heterocycles. The predicted octanol–water partition coefficient (Wildman–Crippen LogP) is 2.63. The van der Waals surface area contributed by atoms with E-state index in [-0.39, 0.29) is 6.04 Å². The van der Waals surface area contributed by atoms with Crippen LogP contribution in [0, 0.1) is 0 Å². The fourth-order valence-corrected chi connectivity index (χ4v) is 4.37. The lowest BCUT2D eigenvalue weighted by atomic mass is 9.95. The number of likely N-dealkylation sites (tertiary alicyclic amines) is 1. The molecular formula is C23H36N4O2. The molecule has 2 heterocycles. The van der Waals surface area contributed by atoms with Gasteiger partial charge in [-0.3, -0.25) is 14.5 Å². The van der Waals surface area contributed by atoms with E-state index in [9.17, 15) is 9.59 Å². The van der Waals surface area contributed by atoms with E-state index in [4.69, 9.17) is 0 Å². The third kappa shape index (κ3) is 5.72. The first kappa shape index (κ1) is 21.6. The summed E-state index contributed by atoms with van der Waals surface area (Å²) in [5.74, 6) is -1.12. The molecule has 1 aromatic carbocycles. The van der Waals surface area contributed by atoms with E-state index in [1.54, 1.807) is 0 Å². The Labute approximate surface area is 175 Å². The summed E-state index contributed by atoms with van der Waals surface area (Å²) >= 11 is 0. The zero-order chi connectivity index (χ0) is 21.0. The number of hydrogen-bond acceptors (Lipinski definition) is 4. The summed E-state index contributed by atoms with van der Waals surface area (Å²) in [6.07, 6.45) is 5.90. The Balaban J connectivity index is 1.75. The van der Waals surface area contributed by atoms with Crippen LogP contribution < -0.4 is 15.5 Å². The maximum atomic E-state index is 12.4. The van der Waals surface area contributed by atoms with Gasteiger partial charge in [-0.2, -0.15) is 0 Å². The lowest BCUT2D eigenvalue weighted by molar-refractivity contribution is -0.140. The van der Waals surface area contributed by atoms with Crippen molar-refractivity contribution in [3.63, 3.8) is 0 Å². The van der Waals surface area contributed by atoms with Gasteiger partial charge in [0.05, 0.1) is 6.04 Å². The van der Waals surface area contributed by atoms with Gasteiger partial charge in [0.2, 0.25) is 0 Å². The van der Waals surface area contributed by atoms with Crippen LogP contribution in [0.2, 0.25) is 0 Å². The number of fused-ring (bicyclic) bond motifs is 1. The maximum Gasteiger partial charge on any atom is 0.309 e. The highest BCUT2D eigenvalue weighted by Gasteiger charge is 2.26. The van der Waals surface area contributed by atoms with Crippen LogP contribution in [0.15, 0.2) is 18.2 Å². The molecule has 0 saturated carbocycles. The Morgan fingerprint density at radius 3 is 2.45 bits per heavy atom. The second kappa shape index (κ2) is 9.16. The quantitative estimate of drug-likeness (QED) is 0.763. The molecule has 2 N–H and O–H groups in total.